The summed E-state index contributed by atoms with van der Waals surface area (Å²) in [5, 5.41) is 12.5. The van der Waals surface area contributed by atoms with E-state index in [1.54, 1.807) is 0 Å². The van der Waals surface area contributed by atoms with Gasteiger partial charge in [0.25, 0.3) is 0 Å². The predicted octanol–water partition coefficient (Wildman–Crippen LogP) is 0.643. The topological polar surface area (TPSA) is 103 Å². The van der Waals surface area contributed by atoms with Crippen LogP contribution >= 0.6 is 0 Å². The minimum atomic E-state index is -0.821. The zero-order valence-electron chi connectivity index (χ0n) is 11.6. The Morgan fingerprint density at radius 3 is 2.38 bits per heavy atom. The van der Waals surface area contributed by atoms with Gasteiger partial charge in [-0.1, -0.05) is 0 Å². The molecule has 0 spiro atoms. The van der Waals surface area contributed by atoms with Crippen molar-refractivity contribution in [3.8, 4) is 17.2 Å². The van der Waals surface area contributed by atoms with Crippen molar-refractivity contribution in [1.29, 1.82) is 0 Å². The van der Waals surface area contributed by atoms with Crippen molar-refractivity contribution >= 4 is 11.7 Å². The summed E-state index contributed by atoms with van der Waals surface area (Å²) in [5.41, 5.74) is 7.92. The summed E-state index contributed by atoms with van der Waals surface area (Å²) in [7, 11) is 0. The average molecular weight is 293 g/mol. The second kappa shape index (κ2) is 5.59. The number of rotatable bonds is 6. The Balaban J connectivity index is 1.90. The van der Waals surface area contributed by atoms with Crippen LogP contribution in [0.4, 0.5) is 5.69 Å². The monoisotopic (exact) mass is 293 g/mol. The van der Waals surface area contributed by atoms with Crippen molar-refractivity contribution in [1.82, 2.24) is 0 Å². The summed E-state index contributed by atoms with van der Waals surface area (Å²) < 4.78 is 17.0. The van der Waals surface area contributed by atoms with E-state index >= 15 is 0 Å². The van der Waals surface area contributed by atoms with E-state index in [1.807, 2.05) is 0 Å². The van der Waals surface area contributed by atoms with Gasteiger partial charge in [-0.15, -0.1) is 0 Å². The van der Waals surface area contributed by atoms with Crippen LogP contribution in [0.15, 0.2) is 5.11 Å². The molecule has 0 atom stereocenters. The van der Waals surface area contributed by atoms with E-state index in [-0.39, 0.29) is 6.42 Å². The van der Waals surface area contributed by atoms with Crippen molar-refractivity contribution in [3.05, 3.63) is 11.1 Å². The molecule has 21 heavy (non-hydrogen) atoms. The lowest BCUT2D eigenvalue weighted by Crippen LogP contribution is -2.22. The van der Waals surface area contributed by atoms with Gasteiger partial charge in [0.05, 0.1) is 19.8 Å². The van der Waals surface area contributed by atoms with E-state index < -0.39 is 5.97 Å². The number of benzene rings is 1. The van der Waals surface area contributed by atoms with Crippen LogP contribution in [0.25, 0.3) is 0 Å². The van der Waals surface area contributed by atoms with E-state index in [1.165, 1.54) is 0 Å². The second-order valence-corrected chi connectivity index (χ2v) is 4.96. The molecule has 7 heteroatoms. The van der Waals surface area contributed by atoms with Gasteiger partial charge in [-0.3, -0.25) is 4.79 Å². The molecule has 112 valence electrons. The third-order valence-electron chi connectivity index (χ3n) is 3.63. The van der Waals surface area contributed by atoms with Crippen molar-refractivity contribution < 1.29 is 29.6 Å². The maximum Gasteiger partial charge on any atom is 0.303 e. The van der Waals surface area contributed by atoms with Crippen LogP contribution < -0.4 is 19.7 Å². The van der Waals surface area contributed by atoms with E-state index in [0.717, 1.165) is 29.7 Å². The molecule has 0 bridgehead atoms. The molecule has 3 N–H and O–H groups in total. The zero-order chi connectivity index (χ0) is 14.8. The Bertz CT molecular complexity index is 565. The minimum Gasteiger partial charge on any atom is -0.493 e. The van der Waals surface area contributed by atoms with Crippen LogP contribution in [0, 0.1) is 0 Å². The second-order valence-electron chi connectivity index (χ2n) is 4.96. The smallest absolute Gasteiger partial charge is 0.303 e. The highest BCUT2D eigenvalue weighted by atomic mass is 16.5. The van der Waals surface area contributed by atoms with Gasteiger partial charge in [0.15, 0.2) is 11.5 Å². The van der Waals surface area contributed by atoms with Crippen LogP contribution in [-0.4, -0.2) is 30.9 Å². The summed E-state index contributed by atoms with van der Waals surface area (Å²) in [6.07, 6.45) is 2.02. The average Bonchev–Trinajstić information content (AvgIpc) is 3.10. The fourth-order valence-corrected chi connectivity index (χ4v) is 2.74. The first kappa shape index (κ1) is 13.7. The number of nitrogens with two attached hydrogens (primary N) is 1. The Labute approximate surface area is 121 Å². The van der Waals surface area contributed by atoms with Crippen LogP contribution in [0.3, 0.4) is 0 Å². The van der Waals surface area contributed by atoms with Gasteiger partial charge in [0, 0.05) is 30.4 Å². The van der Waals surface area contributed by atoms with Crippen molar-refractivity contribution in [3.63, 3.8) is 0 Å². The van der Waals surface area contributed by atoms with Gasteiger partial charge in [0.2, 0.25) is 5.69 Å². The van der Waals surface area contributed by atoms with Crippen LogP contribution in [0.2, 0.25) is 0 Å². The molecule has 0 aliphatic carbocycles. The van der Waals surface area contributed by atoms with Crippen molar-refractivity contribution in [2.75, 3.05) is 19.8 Å². The van der Waals surface area contributed by atoms with Gasteiger partial charge < -0.3 is 19.3 Å². The highest BCUT2D eigenvalue weighted by Gasteiger charge is 2.33. The lowest BCUT2D eigenvalue weighted by molar-refractivity contribution is -0.210. The first-order chi connectivity index (χ1) is 10.2. The van der Waals surface area contributed by atoms with Crippen LogP contribution in [0.5, 0.6) is 17.2 Å². The number of ether oxygens (including phenoxy) is 3. The maximum absolute atomic E-state index is 10.5. The molecule has 0 aromatic heterocycles. The number of hydrogen-bond acceptors (Lipinski definition) is 5. The minimum absolute atomic E-state index is 0.0909. The fraction of sp³-hybridized carbons (Fsp3) is 0.500. The van der Waals surface area contributed by atoms with Gasteiger partial charge in [-0.05, 0) is 11.5 Å². The molecule has 2 aliphatic rings. The number of hydrogen-bond donors (Lipinski definition) is 2. The summed E-state index contributed by atoms with van der Waals surface area (Å²) in [6.45, 7) is 1.47. The van der Waals surface area contributed by atoms with Gasteiger partial charge >= 0.3 is 5.97 Å². The van der Waals surface area contributed by atoms with Crippen molar-refractivity contribution in [2.45, 2.75) is 25.7 Å². The third-order valence-corrected chi connectivity index (χ3v) is 3.63. The molecule has 7 nitrogen and oxygen atoms in total. The molecule has 3 rings (SSSR count). The standard InChI is InChI=1S/C14H16N2O5/c15-16-11-13-8(3-6-20-13)12(9-4-7-21-14(9)11)19-5-1-2-10(17)18/h15H,1-7H2,(H,17,18)/p+1. The molecule has 2 aliphatic heterocycles. The summed E-state index contributed by atoms with van der Waals surface area (Å²) in [5.74, 6) is 1.20. The van der Waals surface area contributed by atoms with E-state index in [0.29, 0.717) is 43.4 Å². The fourth-order valence-electron chi connectivity index (χ4n) is 2.74. The third kappa shape index (κ3) is 2.39. The summed E-state index contributed by atoms with van der Waals surface area (Å²) >= 11 is 0. The summed E-state index contributed by atoms with van der Waals surface area (Å²) in [4.78, 5) is 10.5. The van der Waals surface area contributed by atoms with E-state index in [4.69, 9.17) is 24.8 Å². The number of carboxylic acid groups (broad SMARTS) is 1. The molecule has 0 radical (unpaired) electrons. The molecular weight excluding hydrogens is 276 g/mol. The quantitative estimate of drug-likeness (QED) is 0.592. The van der Waals surface area contributed by atoms with Crippen molar-refractivity contribution in [2.24, 2.45) is 5.11 Å². The van der Waals surface area contributed by atoms with Crippen LogP contribution in [-0.2, 0) is 17.6 Å². The molecule has 2 heterocycles. The largest absolute Gasteiger partial charge is 0.493 e. The SMILES string of the molecule is [NH2+]=Nc1c2c(c(OCCCC(=O)O)c3c1OCC3)CCO2. The van der Waals surface area contributed by atoms with Crippen LogP contribution in [0.1, 0.15) is 24.0 Å². The number of carbonyl (C=O) groups is 1. The molecule has 0 saturated heterocycles. The molecule has 0 amide bonds. The van der Waals surface area contributed by atoms with E-state index in [2.05, 4.69) is 5.11 Å². The molecule has 1 aromatic rings. The Kier molecular flexibility index (Phi) is 3.64. The highest BCUT2D eigenvalue weighted by Crippen LogP contribution is 2.52. The highest BCUT2D eigenvalue weighted by molar-refractivity contribution is 5.75. The Hall–Kier alpha value is -2.31. The predicted molar refractivity (Wildman–Crippen MR) is 71.2 cm³/mol. The molecule has 0 unspecified atom stereocenters. The molecule has 1 aromatic carbocycles. The molecule has 0 saturated carbocycles. The Morgan fingerprint density at radius 1 is 1.24 bits per heavy atom. The first-order valence-electron chi connectivity index (χ1n) is 6.95. The maximum atomic E-state index is 10.5. The number of carboxylic acids is 1. The van der Waals surface area contributed by atoms with Gasteiger partial charge in [-0.2, -0.15) is 5.53 Å². The van der Waals surface area contributed by atoms with E-state index in [9.17, 15) is 4.79 Å². The van der Waals surface area contributed by atoms with Gasteiger partial charge in [-0.25, -0.2) is 0 Å². The number of aliphatic carboxylic acids is 1. The zero-order valence-corrected chi connectivity index (χ0v) is 11.6. The molecular formula is C14H17N2O5+. The number of fused-ring (bicyclic) bond motifs is 2. The Morgan fingerprint density at radius 2 is 1.86 bits per heavy atom. The van der Waals surface area contributed by atoms with Gasteiger partial charge in [0.1, 0.15) is 5.75 Å². The lowest BCUT2D eigenvalue weighted by Gasteiger charge is -2.14. The lowest BCUT2D eigenvalue weighted by atomic mass is 10.0. The number of nitrogens with zero attached hydrogens (tertiary/aromatic N) is 1. The molecule has 0 fully saturated rings. The first-order valence-corrected chi connectivity index (χ1v) is 6.95. The summed E-state index contributed by atoms with van der Waals surface area (Å²) in [6, 6.07) is 0. The normalized spacial score (nSPS) is 14.9.